The Kier molecular flexibility index (Phi) is 7.56. The van der Waals surface area contributed by atoms with E-state index in [1.54, 1.807) is 7.11 Å². The molecule has 1 aromatic heterocycles. The number of thiophene rings is 1. The van der Waals surface area contributed by atoms with Crippen LogP contribution in [0.2, 0.25) is 0 Å². The van der Waals surface area contributed by atoms with Crippen molar-refractivity contribution in [2.45, 2.75) is 27.8 Å². The van der Waals surface area contributed by atoms with Gasteiger partial charge in [-0.15, -0.1) is 11.3 Å². The Labute approximate surface area is 158 Å². The summed E-state index contributed by atoms with van der Waals surface area (Å²) in [5.41, 5.74) is 0.462. The van der Waals surface area contributed by atoms with Crippen LogP contribution in [0, 0.1) is 0 Å². The number of hydrogen-bond donors (Lipinski definition) is 2. The Hall–Kier alpha value is -0.600. The number of sulfonamides is 2. The first-order valence-electron chi connectivity index (χ1n) is 8.18. The van der Waals surface area contributed by atoms with Crippen molar-refractivity contribution in [1.82, 2.24) is 9.62 Å². The molecule has 0 radical (unpaired) electrons. The maximum Gasteiger partial charge on any atom is 0.253 e. The Morgan fingerprint density at radius 2 is 2.12 bits per heavy atom. The van der Waals surface area contributed by atoms with Gasteiger partial charge in [-0.25, -0.2) is 22.0 Å². The zero-order valence-electron chi connectivity index (χ0n) is 14.8. The minimum atomic E-state index is -3.97. The molecule has 1 aromatic rings. The van der Waals surface area contributed by atoms with E-state index in [-0.39, 0.29) is 34.2 Å². The number of fused-ring (bicyclic) bond motifs is 1. The number of nitrogens with one attached hydrogen (secondary N) is 1. The summed E-state index contributed by atoms with van der Waals surface area (Å²) >= 11 is 0.694. The largest absolute Gasteiger partial charge is 0.382 e. The summed E-state index contributed by atoms with van der Waals surface area (Å²) in [5, 5.41) is 8.46. The van der Waals surface area contributed by atoms with Gasteiger partial charge in [0.15, 0.2) is 0 Å². The molecule has 0 aromatic carbocycles. The molecule has 9 nitrogen and oxygen atoms in total. The molecule has 1 aliphatic rings. The van der Waals surface area contributed by atoms with Crippen molar-refractivity contribution in [3.05, 3.63) is 11.6 Å². The van der Waals surface area contributed by atoms with Crippen LogP contribution in [0.25, 0.3) is 0 Å². The Morgan fingerprint density at radius 3 is 2.73 bits per heavy atom. The van der Waals surface area contributed by atoms with Gasteiger partial charge in [0.05, 0.1) is 19.8 Å². The third-order valence-electron chi connectivity index (χ3n) is 3.88. The van der Waals surface area contributed by atoms with Gasteiger partial charge >= 0.3 is 0 Å². The van der Waals surface area contributed by atoms with E-state index in [2.05, 4.69) is 5.32 Å². The van der Waals surface area contributed by atoms with Crippen LogP contribution in [-0.2, 0) is 29.5 Å². The fraction of sp³-hybridized carbons (Fsp3) is 0.714. The lowest BCUT2D eigenvalue weighted by Crippen LogP contribution is -2.44. The molecule has 0 bridgehead atoms. The highest BCUT2D eigenvalue weighted by molar-refractivity contribution is 7.94. The molecule has 0 saturated carbocycles. The molecule has 0 aliphatic carbocycles. The summed E-state index contributed by atoms with van der Waals surface area (Å²) in [6.07, 6.45) is 0.866. The number of nitrogens with zero attached hydrogens (tertiary/aromatic N) is 1. The van der Waals surface area contributed by atoms with Crippen molar-refractivity contribution in [1.29, 1.82) is 0 Å². The van der Waals surface area contributed by atoms with E-state index in [4.69, 9.17) is 14.6 Å². The minimum Gasteiger partial charge on any atom is -0.382 e. The molecule has 2 rings (SSSR count). The van der Waals surface area contributed by atoms with E-state index in [1.165, 1.54) is 10.4 Å². The SMILES string of the molecule is CCCN[C@H]1CN(CCOCCOC)S(=O)(=O)c2sc(S(N)(=O)=O)cc21. The first kappa shape index (κ1) is 21.7. The standard InChI is InChI=1S/C14H25N3O6S3/c1-3-4-16-12-10-17(5-6-23-8-7-22-2)26(20,21)14-11(12)9-13(24-14)25(15,18)19/h9,12,16H,3-8,10H2,1-2H3,(H2,15,18,19)/t12-/m0/s1. The third-order valence-corrected chi connectivity index (χ3v) is 8.84. The molecule has 0 amide bonds. The lowest BCUT2D eigenvalue weighted by molar-refractivity contribution is 0.0648. The van der Waals surface area contributed by atoms with E-state index in [0.717, 1.165) is 6.42 Å². The molecule has 0 saturated heterocycles. The van der Waals surface area contributed by atoms with Crippen molar-refractivity contribution in [2.75, 3.05) is 46.6 Å². The van der Waals surface area contributed by atoms with E-state index < -0.39 is 20.0 Å². The van der Waals surface area contributed by atoms with Crippen molar-refractivity contribution in [2.24, 2.45) is 5.14 Å². The lowest BCUT2D eigenvalue weighted by atomic mass is 10.1. The maximum absolute atomic E-state index is 12.9. The molecule has 0 unspecified atom stereocenters. The molecule has 12 heteroatoms. The first-order valence-corrected chi connectivity index (χ1v) is 12.0. The quantitative estimate of drug-likeness (QED) is 0.507. The predicted molar refractivity (Wildman–Crippen MR) is 98.2 cm³/mol. The van der Waals surface area contributed by atoms with Crippen LogP contribution < -0.4 is 10.5 Å². The van der Waals surface area contributed by atoms with Crippen molar-refractivity contribution < 1.29 is 26.3 Å². The molecule has 150 valence electrons. The van der Waals surface area contributed by atoms with Gasteiger partial charge < -0.3 is 14.8 Å². The van der Waals surface area contributed by atoms with Gasteiger partial charge in [-0.3, -0.25) is 0 Å². The van der Waals surface area contributed by atoms with Gasteiger partial charge in [0.1, 0.15) is 8.42 Å². The lowest BCUT2D eigenvalue weighted by Gasteiger charge is -2.32. The van der Waals surface area contributed by atoms with Gasteiger partial charge in [-0.2, -0.15) is 4.31 Å². The zero-order valence-corrected chi connectivity index (χ0v) is 17.3. The number of rotatable bonds is 10. The molecule has 26 heavy (non-hydrogen) atoms. The Morgan fingerprint density at radius 1 is 1.38 bits per heavy atom. The Bertz CT molecular complexity index is 806. The monoisotopic (exact) mass is 427 g/mol. The highest BCUT2D eigenvalue weighted by atomic mass is 32.3. The predicted octanol–water partition coefficient (Wildman–Crippen LogP) is 0.104. The highest BCUT2D eigenvalue weighted by Gasteiger charge is 2.39. The molecule has 2 heterocycles. The summed E-state index contributed by atoms with van der Waals surface area (Å²) in [6.45, 7) is 4.11. The molecular weight excluding hydrogens is 402 g/mol. The van der Waals surface area contributed by atoms with Crippen LogP contribution in [-0.4, -0.2) is 67.7 Å². The molecule has 0 fully saturated rings. The third kappa shape index (κ3) is 5.01. The topological polar surface area (TPSA) is 128 Å². The molecule has 3 N–H and O–H groups in total. The smallest absolute Gasteiger partial charge is 0.253 e. The average molecular weight is 428 g/mol. The zero-order chi connectivity index (χ0) is 19.4. The fourth-order valence-corrected chi connectivity index (χ4v) is 6.84. The van der Waals surface area contributed by atoms with E-state index in [1.807, 2.05) is 6.92 Å². The van der Waals surface area contributed by atoms with E-state index in [9.17, 15) is 16.8 Å². The number of methoxy groups -OCH3 is 1. The maximum atomic E-state index is 12.9. The number of ether oxygens (including phenoxy) is 2. The first-order chi connectivity index (χ1) is 12.2. The van der Waals surface area contributed by atoms with Gasteiger partial charge in [-0.1, -0.05) is 6.92 Å². The molecule has 1 aliphatic heterocycles. The second-order valence-corrected chi connectivity index (χ2v) is 10.8. The average Bonchev–Trinajstić information content (AvgIpc) is 3.02. The van der Waals surface area contributed by atoms with Gasteiger partial charge in [0.2, 0.25) is 10.0 Å². The van der Waals surface area contributed by atoms with Gasteiger partial charge in [0, 0.05) is 31.8 Å². The van der Waals surface area contributed by atoms with Crippen molar-refractivity contribution in [3.63, 3.8) is 0 Å². The minimum absolute atomic E-state index is 0.0262. The van der Waals surface area contributed by atoms with E-state index >= 15 is 0 Å². The summed E-state index contributed by atoms with van der Waals surface area (Å²) < 4.78 is 60.5. The van der Waals surface area contributed by atoms with Crippen LogP contribution in [0.5, 0.6) is 0 Å². The van der Waals surface area contributed by atoms with Crippen molar-refractivity contribution in [3.8, 4) is 0 Å². The highest BCUT2D eigenvalue weighted by Crippen LogP contribution is 2.39. The van der Waals surface area contributed by atoms with Crippen LogP contribution in [0.4, 0.5) is 0 Å². The molecular formula is C14H25N3O6S3. The number of nitrogens with two attached hydrogens (primary N) is 1. The summed E-state index contributed by atoms with van der Waals surface area (Å²) in [6, 6.07) is 1.08. The van der Waals surface area contributed by atoms with Crippen molar-refractivity contribution >= 4 is 31.4 Å². The van der Waals surface area contributed by atoms with Crippen LogP contribution in [0.3, 0.4) is 0 Å². The van der Waals surface area contributed by atoms with Gasteiger partial charge in [-0.05, 0) is 19.0 Å². The molecule has 1 atom stereocenters. The second kappa shape index (κ2) is 9.06. The van der Waals surface area contributed by atoms with Crippen LogP contribution >= 0.6 is 11.3 Å². The van der Waals surface area contributed by atoms with E-state index in [0.29, 0.717) is 36.7 Å². The van der Waals surface area contributed by atoms with Crippen LogP contribution in [0.1, 0.15) is 24.9 Å². The fourth-order valence-electron chi connectivity index (χ4n) is 2.58. The summed E-state index contributed by atoms with van der Waals surface area (Å²) in [5.74, 6) is 0. The number of hydrogen-bond acceptors (Lipinski definition) is 8. The van der Waals surface area contributed by atoms with Gasteiger partial charge in [0.25, 0.3) is 10.0 Å². The molecule has 0 spiro atoms. The normalized spacial score (nSPS) is 20.2. The number of primary sulfonamides is 1. The summed E-state index contributed by atoms with van der Waals surface area (Å²) in [7, 11) is -6.20. The second-order valence-electron chi connectivity index (χ2n) is 5.83. The Balaban J connectivity index is 2.27. The van der Waals surface area contributed by atoms with Crippen LogP contribution in [0.15, 0.2) is 14.5 Å². The summed E-state index contributed by atoms with van der Waals surface area (Å²) in [4.78, 5) is 0.